The van der Waals surface area contributed by atoms with Crippen molar-refractivity contribution in [3.63, 3.8) is 0 Å². The Morgan fingerprint density at radius 3 is 2.67 bits per heavy atom. The van der Waals surface area contributed by atoms with E-state index in [0.717, 1.165) is 6.20 Å². The Hall–Kier alpha value is -4.70. The normalized spacial score (nSPS) is 14.5. The van der Waals surface area contributed by atoms with E-state index >= 15 is 0 Å². The van der Waals surface area contributed by atoms with Crippen molar-refractivity contribution in [1.29, 1.82) is 0 Å². The van der Waals surface area contributed by atoms with Crippen molar-refractivity contribution in [3.05, 3.63) is 53.2 Å². The van der Waals surface area contributed by atoms with Crippen LogP contribution in [-0.4, -0.2) is 80.0 Å². The Bertz CT molecular complexity index is 1650. The van der Waals surface area contributed by atoms with Crippen molar-refractivity contribution in [1.82, 2.24) is 40.1 Å². The molecule has 42 heavy (non-hydrogen) atoms. The van der Waals surface area contributed by atoms with E-state index in [9.17, 15) is 27.6 Å². The van der Waals surface area contributed by atoms with Gasteiger partial charge in [-0.1, -0.05) is 11.6 Å². The maximum Gasteiger partial charge on any atom is 0.433 e. The molecule has 1 fully saturated rings. The first-order valence-corrected chi connectivity index (χ1v) is 12.9. The number of amides is 2. The van der Waals surface area contributed by atoms with Gasteiger partial charge in [0.25, 0.3) is 12.4 Å². The molecule has 1 aromatic carbocycles. The first kappa shape index (κ1) is 28.8. The van der Waals surface area contributed by atoms with Crippen molar-refractivity contribution < 1.29 is 32.3 Å². The van der Waals surface area contributed by atoms with Crippen LogP contribution in [-0.2, 0) is 15.8 Å². The van der Waals surface area contributed by atoms with E-state index < -0.39 is 23.8 Å². The van der Waals surface area contributed by atoms with Crippen molar-refractivity contribution in [2.45, 2.75) is 19.1 Å². The molecule has 4 heterocycles. The lowest BCUT2D eigenvalue weighted by molar-refractivity contribution is -0.140. The number of aromatic nitrogens is 5. The Kier molecular flexibility index (Phi) is 8.00. The quantitative estimate of drug-likeness (QED) is 0.222. The number of anilines is 2. The summed E-state index contributed by atoms with van der Waals surface area (Å²) in [5.74, 6) is -1.05. The van der Waals surface area contributed by atoms with E-state index in [2.05, 4.69) is 31.0 Å². The number of rotatable bonds is 8. The lowest BCUT2D eigenvalue weighted by Gasteiger charge is -2.30. The highest BCUT2D eigenvalue weighted by Gasteiger charge is 2.36. The molecule has 0 spiro atoms. The Balaban J connectivity index is 1.42. The van der Waals surface area contributed by atoms with Crippen molar-refractivity contribution in [2.24, 2.45) is 0 Å². The molecule has 4 aromatic rings. The van der Waals surface area contributed by atoms with Crippen molar-refractivity contribution in [3.8, 4) is 17.0 Å². The number of ether oxygens (including phenoxy) is 1. The highest BCUT2D eigenvalue weighted by atomic mass is 35.5. The van der Waals surface area contributed by atoms with Crippen LogP contribution >= 0.6 is 11.6 Å². The molecule has 220 valence electrons. The highest BCUT2D eigenvalue weighted by Crippen LogP contribution is 2.39. The standard InChI is InChI=1S/C25H23ClF3N9O4/c1-13(24(41)37-7-4-30-5-8-37)34-23(40)14-2-3-16(19(18(14)26)42-12-39)35-21-22-32-11-17(38(22)9-6-31-21)15-10-33-36-20(15)25(27,28)29/h2-3,6,9-13,30H,4-5,7-8H2,1H3,(H,31,35)(H,33,36)(H,34,40)/t13-/m1/s1. The zero-order valence-corrected chi connectivity index (χ0v) is 22.6. The first-order valence-electron chi connectivity index (χ1n) is 12.5. The fourth-order valence-corrected chi connectivity index (χ4v) is 4.81. The molecular weight excluding hydrogens is 583 g/mol. The second kappa shape index (κ2) is 11.7. The van der Waals surface area contributed by atoms with Crippen LogP contribution in [0.3, 0.4) is 0 Å². The van der Waals surface area contributed by atoms with E-state index in [-0.39, 0.29) is 57.1 Å². The molecule has 0 bridgehead atoms. The molecule has 17 heteroatoms. The average Bonchev–Trinajstić information content (AvgIpc) is 3.63. The molecule has 1 atom stereocenters. The molecular formula is C25H23ClF3N9O4. The van der Waals surface area contributed by atoms with Gasteiger partial charge in [-0.05, 0) is 19.1 Å². The molecule has 0 unspecified atom stereocenters. The SMILES string of the molecule is C[C@@H](NC(=O)c1ccc(Nc2nccn3c(-c4cn[nH]c4C(F)(F)F)cnc23)c(OC=O)c1Cl)C(=O)N1CCNCC1. The van der Waals surface area contributed by atoms with Crippen LogP contribution in [0.25, 0.3) is 16.9 Å². The van der Waals surface area contributed by atoms with Gasteiger partial charge in [-0.15, -0.1) is 0 Å². The summed E-state index contributed by atoms with van der Waals surface area (Å²) in [5.41, 5.74) is -0.986. The number of fused-ring (bicyclic) bond motifs is 1. The number of carbonyl (C=O) groups is 3. The molecule has 13 nitrogen and oxygen atoms in total. The number of carbonyl (C=O) groups excluding carboxylic acids is 3. The second-order valence-corrected chi connectivity index (χ2v) is 9.56. The molecule has 0 radical (unpaired) electrons. The van der Waals surface area contributed by atoms with Gasteiger partial charge in [0, 0.05) is 38.6 Å². The maximum atomic E-state index is 13.4. The minimum Gasteiger partial charge on any atom is -0.425 e. The topological polar surface area (TPSA) is 159 Å². The molecule has 5 rings (SSSR count). The number of hydrogen-bond donors (Lipinski definition) is 4. The molecule has 1 aliphatic heterocycles. The monoisotopic (exact) mass is 605 g/mol. The van der Waals surface area contributed by atoms with Crippen molar-refractivity contribution in [2.75, 3.05) is 31.5 Å². The number of nitrogens with one attached hydrogen (secondary N) is 4. The van der Waals surface area contributed by atoms with Crippen LogP contribution < -0.4 is 20.7 Å². The number of alkyl halides is 3. The number of benzene rings is 1. The van der Waals surface area contributed by atoms with Gasteiger partial charge >= 0.3 is 6.18 Å². The molecule has 0 aliphatic carbocycles. The third kappa shape index (κ3) is 5.58. The molecule has 3 aromatic heterocycles. The van der Waals surface area contributed by atoms with Crippen LogP contribution in [0.2, 0.25) is 5.02 Å². The summed E-state index contributed by atoms with van der Waals surface area (Å²) in [6.07, 6.45) is 0.342. The van der Waals surface area contributed by atoms with E-state index in [1.807, 2.05) is 5.10 Å². The van der Waals surface area contributed by atoms with Crippen LogP contribution in [0.15, 0.2) is 36.9 Å². The Morgan fingerprint density at radius 2 is 1.95 bits per heavy atom. The molecule has 4 N–H and O–H groups in total. The van der Waals surface area contributed by atoms with Gasteiger partial charge < -0.3 is 25.6 Å². The number of imidazole rings is 1. The van der Waals surface area contributed by atoms with E-state index in [1.165, 1.54) is 35.1 Å². The highest BCUT2D eigenvalue weighted by molar-refractivity contribution is 6.36. The molecule has 2 amide bonds. The fourth-order valence-electron chi connectivity index (χ4n) is 4.52. The van der Waals surface area contributed by atoms with Crippen molar-refractivity contribution >= 4 is 47.0 Å². The van der Waals surface area contributed by atoms with Gasteiger partial charge in [-0.25, -0.2) is 9.97 Å². The molecule has 0 saturated carbocycles. The fraction of sp³-hybridized carbons (Fsp3) is 0.280. The summed E-state index contributed by atoms with van der Waals surface area (Å²) in [5, 5.41) is 13.9. The first-order chi connectivity index (χ1) is 20.1. The minimum atomic E-state index is -4.67. The summed E-state index contributed by atoms with van der Waals surface area (Å²) in [6, 6.07) is 1.91. The summed E-state index contributed by atoms with van der Waals surface area (Å²) < 4.78 is 46.8. The second-order valence-electron chi connectivity index (χ2n) is 9.18. The third-order valence-electron chi connectivity index (χ3n) is 6.53. The Labute approximate surface area is 240 Å². The van der Waals surface area contributed by atoms with Crippen LogP contribution in [0.4, 0.5) is 24.7 Å². The lowest BCUT2D eigenvalue weighted by Crippen LogP contribution is -2.53. The van der Waals surface area contributed by atoms with Crippen LogP contribution in [0.1, 0.15) is 23.0 Å². The van der Waals surface area contributed by atoms with E-state index in [4.69, 9.17) is 16.3 Å². The van der Waals surface area contributed by atoms with Gasteiger partial charge in [0.2, 0.25) is 5.91 Å². The Morgan fingerprint density at radius 1 is 1.19 bits per heavy atom. The van der Waals surface area contributed by atoms with Gasteiger partial charge in [-0.3, -0.25) is 23.9 Å². The third-order valence-corrected chi connectivity index (χ3v) is 6.91. The van der Waals surface area contributed by atoms with E-state index in [1.54, 1.807) is 11.8 Å². The van der Waals surface area contributed by atoms with Gasteiger partial charge in [-0.2, -0.15) is 18.3 Å². The predicted octanol–water partition coefficient (Wildman–Crippen LogP) is 2.62. The van der Waals surface area contributed by atoms with Gasteiger partial charge in [0.15, 0.2) is 17.2 Å². The van der Waals surface area contributed by atoms with Crippen LogP contribution in [0.5, 0.6) is 5.75 Å². The summed E-state index contributed by atoms with van der Waals surface area (Å²) in [4.78, 5) is 47.1. The number of piperazine rings is 1. The number of H-pyrrole nitrogens is 1. The largest absolute Gasteiger partial charge is 0.433 e. The minimum absolute atomic E-state index is 0.0621. The number of aromatic amines is 1. The number of hydrogen-bond acceptors (Lipinski definition) is 9. The maximum absolute atomic E-state index is 13.4. The lowest BCUT2D eigenvalue weighted by atomic mass is 10.1. The predicted molar refractivity (Wildman–Crippen MR) is 143 cm³/mol. The van der Waals surface area contributed by atoms with Crippen LogP contribution in [0, 0.1) is 0 Å². The average molecular weight is 606 g/mol. The molecule has 1 aliphatic rings. The summed E-state index contributed by atoms with van der Waals surface area (Å²) in [6.45, 7) is 4.01. The van der Waals surface area contributed by atoms with Gasteiger partial charge in [0.05, 0.1) is 39.9 Å². The zero-order valence-electron chi connectivity index (χ0n) is 21.8. The summed E-state index contributed by atoms with van der Waals surface area (Å²) >= 11 is 6.47. The van der Waals surface area contributed by atoms with Gasteiger partial charge in [0.1, 0.15) is 11.7 Å². The number of nitrogens with zero attached hydrogens (tertiary/aromatic N) is 5. The zero-order chi connectivity index (χ0) is 30.0. The summed E-state index contributed by atoms with van der Waals surface area (Å²) in [7, 11) is 0. The smallest absolute Gasteiger partial charge is 0.425 e. The van der Waals surface area contributed by atoms with E-state index in [0.29, 0.717) is 26.2 Å². The number of halogens is 4. The molecule has 1 saturated heterocycles.